The molecule has 0 aromatic carbocycles. The number of carbonyl (C=O) groups is 1. The molecule has 0 saturated heterocycles. The molecule has 4 nitrogen and oxygen atoms in total. The van der Waals surface area contributed by atoms with Crippen molar-refractivity contribution in [2.45, 2.75) is 20.3 Å². The predicted molar refractivity (Wildman–Crippen MR) is 57.0 cm³/mol. The predicted octanol–water partition coefficient (Wildman–Crippen LogP) is 0.0728. The van der Waals surface area contributed by atoms with Crippen molar-refractivity contribution in [3.8, 4) is 0 Å². The van der Waals surface area contributed by atoms with Gasteiger partial charge in [-0.3, -0.25) is 9.69 Å². The van der Waals surface area contributed by atoms with Crippen molar-refractivity contribution < 1.29 is 9.90 Å². The van der Waals surface area contributed by atoms with Crippen LogP contribution < -0.4 is 5.32 Å². The van der Waals surface area contributed by atoms with E-state index in [0.717, 1.165) is 13.0 Å². The first kappa shape index (κ1) is 13.4. The molecule has 0 aliphatic rings. The van der Waals surface area contributed by atoms with Crippen molar-refractivity contribution >= 4 is 5.91 Å². The molecule has 4 heteroatoms. The van der Waals surface area contributed by atoms with E-state index in [1.54, 1.807) is 0 Å². The van der Waals surface area contributed by atoms with E-state index >= 15 is 0 Å². The summed E-state index contributed by atoms with van der Waals surface area (Å²) < 4.78 is 0. The van der Waals surface area contributed by atoms with E-state index in [4.69, 9.17) is 5.11 Å². The number of carbonyl (C=O) groups excluding carboxylic acids is 1. The third-order valence-corrected chi connectivity index (χ3v) is 2.17. The van der Waals surface area contributed by atoms with Gasteiger partial charge in [-0.2, -0.15) is 0 Å². The van der Waals surface area contributed by atoms with Gasteiger partial charge >= 0.3 is 0 Å². The van der Waals surface area contributed by atoms with Gasteiger partial charge in [0.05, 0.1) is 13.2 Å². The standard InChI is InChI=1S/C10H22N2O2/c1-4-9(2)7-12(3)8-10(14)11-5-6-13/h9,13H,4-8H2,1-3H3,(H,11,14). The smallest absolute Gasteiger partial charge is 0.234 e. The Morgan fingerprint density at radius 3 is 2.71 bits per heavy atom. The molecule has 0 saturated carbocycles. The first-order chi connectivity index (χ1) is 6.60. The average Bonchev–Trinajstić information content (AvgIpc) is 2.14. The van der Waals surface area contributed by atoms with Crippen molar-refractivity contribution in [1.29, 1.82) is 0 Å². The summed E-state index contributed by atoms with van der Waals surface area (Å²) in [6.07, 6.45) is 1.13. The van der Waals surface area contributed by atoms with Crippen LogP contribution in [0.15, 0.2) is 0 Å². The molecule has 0 aliphatic heterocycles. The lowest BCUT2D eigenvalue weighted by Gasteiger charge is -2.19. The van der Waals surface area contributed by atoms with E-state index in [9.17, 15) is 4.79 Å². The Labute approximate surface area is 86.3 Å². The number of rotatable bonds is 7. The number of nitrogens with one attached hydrogen (secondary N) is 1. The highest BCUT2D eigenvalue weighted by molar-refractivity contribution is 5.77. The molecule has 0 heterocycles. The number of amides is 1. The van der Waals surface area contributed by atoms with E-state index in [-0.39, 0.29) is 12.5 Å². The van der Waals surface area contributed by atoms with Gasteiger partial charge in [0.25, 0.3) is 0 Å². The van der Waals surface area contributed by atoms with Crippen LogP contribution in [0.1, 0.15) is 20.3 Å². The number of hydrogen-bond donors (Lipinski definition) is 2. The highest BCUT2D eigenvalue weighted by Gasteiger charge is 2.08. The molecule has 1 unspecified atom stereocenters. The zero-order valence-corrected chi connectivity index (χ0v) is 9.42. The molecule has 1 atom stereocenters. The minimum absolute atomic E-state index is 0.000811. The van der Waals surface area contributed by atoms with E-state index in [1.807, 2.05) is 11.9 Å². The molecule has 0 spiro atoms. The van der Waals surface area contributed by atoms with Crippen LogP contribution in [-0.4, -0.2) is 49.2 Å². The van der Waals surface area contributed by atoms with Gasteiger partial charge in [-0.05, 0) is 13.0 Å². The maximum absolute atomic E-state index is 11.2. The monoisotopic (exact) mass is 202 g/mol. The summed E-state index contributed by atoms with van der Waals surface area (Å²) in [7, 11) is 1.94. The Hall–Kier alpha value is -0.610. The summed E-state index contributed by atoms with van der Waals surface area (Å²) in [4.78, 5) is 13.2. The van der Waals surface area contributed by atoms with Crippen LogP contribution in [0.3, 0.4) is 0 Å². The van der Waals surface area contributed by atoms with Crippen LogP contribution in [0.2, 0.25) is 0 Å². The zero-order valence-electron chi connectivity index (χ0n) is 9.42. The van der Waals surface area contributed by atoms with Crippen molar-refractivity contribution in [3.63, 3.8) is 0 Å². The minimum Gasteiger partial charge on any atom is -0.395 e. The zero-order chi connectivity index (χ0) is 11.0. The summed E-state index contributed by atoms with van der Waals surface area (Å²) in [5, 5.41) is 11.1. The molecule has 84 valence electrons. The minimum atomic E-state index is -0.0233. The molecule has 0 fully saturated rings. The third-order valence-electron chi connectivity index (χ3n) is 2.17. The van der Waals surface area contributed by atoms with Crippen LogP contribution in [0.5, 0.6) is 0 Å². The van der Waals surface area contributed by atoms with Gasteiger partial charge in [-0.1, -0.05) is 20.3 Å². The first-order valence-corrected chi connectivity index (χ1v) is 5.16. The Balaban J connectivity index is 3.60. The van der Waals surface area contributed by atoms with Crippen LogP contribution in [-0.2, 0) is 4.79 Å². The topological polar surface area (TPSA) is 52.6 Å². The van der Waals surface area contributed by atoms with E-state index in [0.29, 0.717) is 19.0 Å². The second-order valence-electron chi connectivity index (χ2n) is 3.78. The van der Waals surface area contributed by atoms with Gasteiger partial charge in [0.1, 0.15) is 0 Å². The van der Waals surface area contributed by atoms with Gasteiger partial charge in [0, 0.05) is 13.1 Å². The molecule has 1 amide bonds. The number of hydrogen-bond acceptors (Lipinski definition) is 3. The Kier molecular flexibility index (Phi) is 7.42. The molecule has 0 aromatic heterocycles. The Bertz CT molecular complexity index is 162. The van der Waals surface area contributed by atoms with Crippen LogP contribution in [0, 0.1) is 5.92 Å². The SMILES string of the molecule is CCC(C)CN(C)CC(=O)NCCO. The summed E-state index contributed by atoms with van der Waals surface area (Å²) in [6.45, 7) is 6.00. The number of likely N-dealkylation sites (N-methyl/N-ethyl adjacent to an activating group) is 1. The summed E-state index contributed by atoms with van der Waals surface area (Å²) in [6, 6.07) is 0. The fourth-order valence-electron chi connectivity index (χ4n) is 1.22. The fourth-order valence-corrected chi connectivity index (χ4v) is 1.22. The molecule has 2 N–H and O–H groups in total. The molecular weight excluding hydrogens is 180 g/mol. The maximum Gasteiger partial charge on any atom is 0.234 e. The van der Waals surface area contributed by atoms with Crippen molar-refractivity contribution in [2.75, 3.05) is 33.3 Å². The fraction of sp³-hybridized carbons (Fsp3) is 0.900. The van der Waals surface area contributed by atoms with Crippen LogP contribution >= 0.6 is 0 Å². The van der Waals surface area contributed by atoms with Crippen molar-refractivity contribution in [2.24, 2.45) is 5.92 Å². The van der Waals surface area contributed by atoms with Crippen molar-refractivity contribution in [3.05, 3.63) is 0 Å². The summed E-state index contributed by atoms with van der Waals surface area (Å²) >= 11 is 0. The largest absolute Gasteiger partial charge is 0.395 e. The quantitative estimate of drug-likeness (QED) is 0.614. The summed E-state index contributed by atoms with van der Waals surface area (Å²) in [5.41, 5.74) is 0. The van der Waals surface area contributed by atoms with Crippen molar-refractivity contribution in [1.82, 2.24) is 10.2 Å². The second kappa shape index (κ2) is 7.76. The molecule has 14 heavy (non-hydrogen) atoms. The molecule has 0 bridgehead atoms. The number of aliphatic hydroxyl groups is 1. The maximum atomic E-state index is 11.2. The number of nitrogens with zero attached hydrogens (tertiary/aromatic N) is 1. The highest BCUT2D eigenvalue weighted by Crippen LogP contribution is 2.01. The average molecular weight is 202 g/mol. The van der Waals surface area contributed by atoms with E-state index in [2.05, 4.69) is 19.2 Å². The van der Waals surface area contributed by atoms with Gasteiger partial charge in [-0.25, -0.2) is 0 Å². The lowest BCUT2D eigenvalue weighted by atomic mass is 10.1. The molecule has 0 aliphatic carbocycles. The molecule has 0 aromatic rings. The van der Waals surface area contributed by atoms with Gasteiger partial charge in [-0.15, -0.1) is 0 Å². The highest BCUT2D eigenvalue weighted by atomic mass is 16.3. The van der Waals surface area contributed by atoms with Gasteiger partial charge in [0.2, 0.25) is 5.91 Å². The van der Waals surface area contributed by atoms with Crippen LogP contribution in [0.4, 0.5) is 0 Å². The van der Waals surface area contributed by atoms with E-state index < -0.39 is 0 Å². The lowest BCUT2D eigenvalue weighted by molar-refractivity contribution is -0.122. The lowest BCUT2D eigenvalue weighted by Crippen LogP contribution is -2.38. The Morgan fingerprint density at radius 2 is 2.21 bits per heavy atom. The molecular formula is C10H22N2O2. The second-order valence-corrected chi connectivity index (χ2v) is 3.78. The molecule has 0 rings (SSSR count). The van der Waals surface area contributed by atoms with Gasteiger partial charge < -0.3 is 10.4 Å². The third kappa shape index (κ3) is 6.86. The Morgan fingerprint density at radius 1 is 1.57 bits per heavy atom. The van der Waals surface area contributed by atoms with E-state index in [1.165, 1.54) is 0 Å². The van der Waals surface area contributed by atoms with Crippen LogP contribution in [0.25, 0.3) is 0 Å². The number of aliphatic hydroxyl groups excluding tert-OH is 1. The normalized spacial score (nSPS) is 12.9. The van der Waals surface area contributed by atoms with Gasteiger partial charge in [0.15, 0.2) is 0 Å². The first-order valence-electron chi connectivity index (χ1n) is 5.16. The summed E-state index contributed by atoms with van der Waals surface area (Å²) in [5.74, 6) is 0.593. The molecule has 0 radical (unpaired) electrons.